The Morgan fingerprint density at radius 2 is 2.29 bits per heavy atom. The quantitative estimate of drug-likeness (QED) is 0.860. The third kappa shape index (κ3) is 2.42. The van der Waals surface area contributed by atoms with Crippen molar-refractivity contribution in [3.63, 3.8) is 0 Å². The number of furan rings is 1. The number of fused-ring (bicyclic) bond motifs is 1. The van der Waals surface area contributed by atoms with Gasteiger partial charge >= 0.3 is 0 Å². The van der Waals surface area contributed by atoms with Crippen molar-refractivity contribution in [2.75, 3.05) is 24.5 Å². The summed E-state index contributed by atoms with van der Waals surface area (Å²) in [5.74, 6) is 1.44. The molecule has 0 spiro atoms. The van der Waals surface area contributed by atoms with Crippen LogP contribution in [0.15, 0.2) is 29.0 Å². The summed E-state index contributed by atoms with van der Waals surface area (Å²) in [5.41, 5.74) is 6.56. The number of hydrogen-bond donors (Lipinski definition) is 1. The van der Waals surface area contributed by atoms with Crippen molar-refractivity contribution in [1.82, 2.24) is 4.98 Å². The second-order valence-corrected chi connectivity index (χ2v) is 4.35. The van der Waals surface area contributed by atoms with Crippen LogP contribution in [0.5, 0.6) is 0 Å². The molecule has 0 amide bonds. The Morgan fingerprint density at radius 3 is 3.00 bits per heavy atom. The highest BCUT2D eigenvalue weighted by Crippen LogP contribution is 2.25. The van der Waals surface area contributed by atoms with Gasteiger partial charge in [0, 0.05) is 19.3 Å². The lowest BCUT2D eigenvalue weighted by atomic mass is 10.1. The zero-order chi connectivity index (χ0) is 12.3. The van der Waals surface area contributed by atoms with Crippen LogP contribution in [0.3, 0.4) is 0 Å². The lowest BCUT2D eigenvalue weighted by molar-refractivity contribution is 0.573. The molecule has 0 aliphatic rings. The molecule has 17 heavy (non-hydrogen) atoms. The molecule has 4 heteroatoms. The Hall–Kier alpha value is -1.55. The number of anilines is 1. The summed E-state index contributed by atoms with van der Waals surface area (Å²) in [4.78, 5) is 6.71. The Morgan fingerprint density at radius 1 is 1.47 bits per heavy atom. The van der Waals surface area contributed by atoms with E-state index in [4.69, 9.17) is 10.2 Å². The van der Waals surface area contributed by atoms with Crippen molar-refractivity contribution in [3.05, 3.63) is 24.6 Å². The third-order valence-electron chi connectivity index (χ3n) is 2.97. The fraction of sp³-hybridized carbons (Fsp3) is 0.462. The second-order valence-electron chi connectivity index (χ2n) is 4.35. The summed E-state index contributed by atoms with van der Waals surface area (Å²) in [7, 11) is 0. The molecule has 0 aliphatic carbocycles. The average molecular weight is 233 g/mol. The van der Waals surface area contributed by atoms with Crippen LogP contribution < -0.4 is 10.6 Å². The van der Waals surface area contributed by atoms with Gasteiger partial charge in [-0.2, -0.15) is 0 Å². The first-order valence-electron chi connectivity index (χ1n) is 6.03. The predicted molar refractivity (Wildman–Crippen MR) is 70.1 cm³/mol. The van der Waals surface area contributed by atoms with Gasteiger partial charge in [0.15, 0.2) is 0 Å². The molecular formula is C13H19N3O. The molecular weight excluding hydrogens is 214 g/mol. The molecule has 2 aromatic heterocycles. The molecule has 0 bridgehead atoms. The standard InChI is InChI=1S/C13H19N3O/c1-3-16(9-10(2)8-14)13-11-5-7-17-12(11)4-6-15-13/h4-7,10H,3,8-9,14H2,1-2H3. The molecule has 0 saturated carbocycles. The predicted octanol–water partition coefficient (Wildman–Crippen LogP) is 2.25. The molecule has 92 valence electrons. The molecule has 2 aromatic rings. The first-order valence-corrected chi connectivity index (χ1v) is 6.03. The highest BCUT2D eigenvalue weighted by Gasteiger charge is 2.13. The van der Waals surface area contributed by atoms with Gasteiger partial charge in [0.05, 0.1) is 11.6 Å². The van der Waals surface area contributed by atoms with Crippen molar-refractivity contribution in [2.45, 2.75) is 13.8 Å². The molecule has 0 saturated heterocycles. The number of rotatable bonds is 5. The lowest BCUT2D eigenvalue weighted by Crippen LogP contribution is -2.32. The van der Waals surface area contributed by atoms with E-state index in [-0.39, 0.29) is 0 Å². The van der Waals surface area contributed by atoms with E-state index >= 15 is 0 Å². The number of pyridine rings is 1. The van der Waals surface area contributed by atoms with Gasteiger partial charge in [-0.25, -0.2) is 4.98 Å². The summed E-state index contributed by atoms with van der Waals surface area (Å²) >= 11 is 0. The van der Waals surface area contributed by atoms with Gasteiger partial charge in [-0.1, -0.05) is 6.92 Å². The molecule has 0 aromatic carbocycles. The third-order valence-corrected chi connectivity index (χ3v) is 2.97. The maximum Gasteiger partial charge on any atom is 0.139 e. The Balaban J connectivity index is 2.32. The van der Waals surface area contributed by atoms with E-state index in [2.05, 4.69) is 23.7 Å². The van der Waals surface area contributed by atoms with Crippen molar-refractivity contribution in [2.24, 2.45) is 11.7 Å². The molecule has 2 heterocycles. The van der Waals surface area contributed by atoms with Gasteiger partial charge in [0.1, 0.15) is 11.4 Å². The largest absolute Gasteiger partial charge is 0.464 e. The topological polar surface area (TPSA) is 55.3 Å². The average Bonchev–Trinajstić information content (AvgIpc) is 2.83. The zero-order valence-corrected chi connectivity index (χ0v) is 10.4. The van der Waals surface area contributed by atoms with E-state index in [9.17, 15) is 0 Å². The van der Waals surface area contributed by atoms with Crippen LogP contribution in [0.2, 0.25) is 0 Å². The van der Waals surface area contributed by atoms with Crippen LogP contribution in [-0.4, -0.2) is 24.6 Å². The minimum Gasteiger partial charge on any atom is -0.464 e. The van der Waals surface area contributed by atoms with E-state index in [1.807, 2.05) is 12.1 Å². The smallest absolute Gasteiger partial charge is 0.139 e. The van der Waals surface area contributed by atoms with Crippen LogP contribution in [0, 0.1) is 5.92 Å². The summed E-state index contributed by atoms with van der Waals surface area (Å²) < 4.78 is 5.39. The molecule has 1 atom stereocenters. The van der Waals surface area contributed by atoms with Crippen LogP contribution in [0.4, 0.5) is 5.82 Å². The molecule has 4 nitrogen and oxygen atoms in total. The highest BCUT2D eigenvalue weighted by atomic mass is 16.3. The van der Waals surface area contributed by atoms with Crippen molar-refractivity contribution in [1.29, 1.82) is 0 Å². The normalized spacial score (nSPS) is 12.9. The second kappa shape index (κ2) is 5.19. The van der Waals surface area contributed by atoms with Gasteiger partial charge in [-0.15, -0.1) is 0 Å². The monoisotopic (exact) mass is 233 g/mol. The summed E-state index contributed by atoms with van der Waals surface area (Å²) in [5, 5.41) is 1.07. The van der Waals surface area contributed by atoms with E-state index < -0.39 is 0 Å². The number of aromatic nitrogens is 1. The van der Waals surface area contributed by atoms with Gasteiger partial charge < -0.3 is 15.1 Å². The van der Waals surface area contributed by atoms with Crippen LogP contribution in [-0.2, 0) is 0 Å². The molecule has 2 rings (SSSR count). The summed E-state index contributed by atoms with van der Waals surface area (Å²) in [6.07, 6.45) is 3.49. The zero-order valence-electron chi connectivity index (χ0n) is 10.4. The van der Waals surface area contributed by atoms with Crippen molar-refractivity contribution < 1.29 is 4.42 Å². The van der Waals surface area contributed by atoms with Gasteiger partial charge in [0.2, 0.25) is 0 Å². The Kier molecular flexibility index (Phi) is 3.64. The van der Waals surface area contributed by atoms with E-state index in [0.29, 0.717) is 12.5 Å². The maximum atomic E-state index is 5.68. The number of nitrogens with zero attached hydrogens (tertiary/aromatic N) is 2. The van der Waals surface area contributed by atoms with Crippen LogP contribution in [0.1, 0.15) is 13.8 Å². The Bertz CT molecular complexity index is 480. The number of hydrogen-bond acceptors (Lipinski definition) is 4. The summed E-state index contributed by atoms with van der Waals surface area (Å²) in [6, 6.07) is 3.85. The number of nitrogens with two attached hydrogens (primary N) is 1. The SMILES string of the molecule is CCN(CC(C)CN)c1nccc2occc12. The van der Waals surface area contributed by atoms with Gasteiger partial charge in [-0.3, -0.25) is 0 Å². The molecule has 0 radical (unpaired) electrons. The van der Waals surface area contributed by atoms with E-state index in [1.54, 1.807) is 12.5 Å². The fourth-order valence-corrected chi connectivity index (χ4v) is 1.95. The van der Waals surface area contributed by atoms with E-state index in [0.717, 1.165) is 29.9 Å². The van der Waals surface area contributed by atoms with Crippen molar-refractivity contribution >= 4 is 16.8 Å². The Labute approximate surface area is 101 Å². The maximum absolute atomic E-state index is 5.68. The molecule has 1 unspecified atom stereocenters. The minimum atomic E-state index is 0.457. The lowest BCUT2D eigenvalue weighted by Gasteiger charge is -2.25. The first-order chi connectivity index (χ1) is 8.26. The molecule has 0 fully saturated rings. The molecule has 0 aliphatic heterocycles. The molecule has 2 N–H and O–H groups in total. The van der Waals surface area contributed by atoms with Crippen molar-refractivity contribution in [3.8, 4) is 0 Å². The van der Waals surface area contributed by atoms with E-state index in [1.165, 1.54) is 0 Å². The van der Waals surface area contributed by atoms with Gasteiger partial charge in [0.25, 0.3) is 0 Å². The van der Waals surface area contributed by atoms with Gasteiger partial charge in [-0.05, 0) is 31.5 Å². The summed E-state index contributed by atoms with van der Waals surface area (Å²) in [6.45, 7) is 6.81. The first kappa shape index (κ1) is 11.9. The fourth-order valence-electron chi connectivity index (χ4n) is 1.95. The van der Waals surface area contributed by atoms with Crippen LogP contribution in [0.25, 0.3) is 11.0 Å². The minimum absolute atomic E-state index is 0.457. The van der Waals surface area contributed by atoms with Crippen LogP contribution >= 0.6 is 0 Å². The highest BCUT2D eigenvalue weighted by molar-refractivity contribution is 5.88.